The maximum absolute atomic E-state index is 13.6. The molecule has 1 heterocycles. The zero-order valence-electron chi connectivity index (χ0n) is 21.0. The quantitative estimate of drug-likeness (QED) is 0.248. The Kier molecular flexibility index (Phi) is 8.49. The van der Waals surface area contributed by atoms with E-state index >= 15 is 0 Å². The van der Waals surface area contributed by atoms with Gasteiger partial charge in [0.05, 0.1) is 20.8 Å². The molecule has 4 aromatic rings. The monoisotopic (exact) mass is 556 g/mol. The molecule has 4 rings (SSSR count). The van der Waals surface area contributed by atoms with Crippen LogP contribution in [-0.4, -0.2) is 57.9 Å². The summed E-state index contributed by atoms with van der Waals surface area (Å²) < 4.78 is 28.9. The SMILES string of the molecule is CCN(c1ccccc1)S(=O)(=O)c1ccc(C(=O)N(CCCN(C)C)c2nc3ccc(Cl)cc3s2)cc1. The second kappa shape index (κ2) is 11.6. The number of sulfonamides is 1. The Morgan fingerprint density at radius 3 is 2.32 bits per heavy atom. The number of fused-ring (bicyclic) bond motifs is 1. The molecule has 0 fully saturated rings. The Morgan fingerprint density at radius 2 is 1.68 bits per heavy atom. The van der Waals surface area contributed by atoms with Crippen molar-refractivity contribution < 1.29 is 13.2 Å². The highest BCUT2D eigenvalue weighted by Gasteiger charge is 2.25. The van der Waals surface area contributed by atoms with Crippen LogP contribution in [0.2, 0.25) is 5.02 Å². The fourth-order valence-corrected chi connectivity index (χ4v) is 6.71. The van der Waals surface area contributed by atoms with Crippen LogP contribution in [0.4, 0.5) is 10.8 Å². The summed E-state index contributed by atoms with van der Waals surface area (Å²) in [6.45, 7) is 3.36. The maximum Gasteiger partial charge on any atom is 0.264 e. The van der Waals surface area contributed by atoms with Crippen molar-refractivity contribution in [2.75, 3.05) is 42.9 Å². The Bertz CT molecular complexity index is 1470. The molecular formula is C27H29ClN4O3S2. The molecule has 194 valence electrons. The highest BCUT2D eigenvalue weighted by Crippen LogP contribution is 2.32. The zero-order valence-corrected chi connectivity index (χ0v) is 23.4. The van der Waals surface area contributed by atoms with Crippen LogP contribution in [0.3, 0.4) is 0 Å². The second-order valence-electron chi connectivity index (χ2n) is 8.75. The van der Waals surface area contributed by atoms with Gasteiger partial charge in [0, 0.05) is 23.7 Å². The predicted molar refractivity (Wildman–Crippen MR) is 153 cm³/mol. The summed E-state index contributed by atoms with van der Waals surface area (Å²) in [5.41, 5.74) is 1.76. The number of anilines is 2. The van der Waals surface area contributed by atoms with Gasteiger partial charge in [0.25, 0.3) is 15.9 Å². The van der Waals surface area contributed by atoms with Crippen LogP contribution >= 0.6 is 22.9 Å². The highest BCUT2D eigenvalue weighted by atomic mass is 35.5. The van der Waals surface area contributed by atoms with Crippen LogP contribution in [0.15, 0.2) is 77.7 Å². The van der Waals surface area contributed by atoms with Gasteiger partial charge in [0.15, 0.2) is 5.13 Å². The lowest BCUT2D eigenvalue weighted by molar-refractivity contribution is 0.0986. The number of hydrogen-bond donors (Lipinski definition) is 0. The van der Waals surface area contributed by atoms with E-state index in [1.54, 1.807) is 54.3 Å². The van der Waals surface area contributed by atoms with E-state index in [2.05, 4.69) is 9.88 Å². The smallest absolute Gasteiger partial charge is 0.264 e. The number of aromatic nitrogens is 1. The van der Waals surface area contributed by atoms with Crippen molar-refractivity contribution in [1.29, 1.82) is 0 Å². The van der Waals surface area contributed by atoms with Crippen molar-refractivity contribution in [3.63, 3.8) is 0 Å². The van der Waals surface area contributed by atoms with Gasteiger partial charge in [0.2, 0.25) is 0 Å². The number of hydrogen-bond acceptors (Lipinski definition) is 6. The number of nitrogens with zero attached hydrogens (tertiary/aromatic N) is 4. The largest absolute Gasteiger partial charge is 0.309 e. The highest BCUT2D eigenvalue weighted by molar-refractivity contribution is 7.92. The van der Waals surface area contributed by atoms with Crippen LogP contribution in [0.1, 0.15) is 23.7 Å². The molecule has 0 spiro atoms. The first-order chi connectivity index (χ1) is 17.7. The molecule has 0 radical (unpaired) electrons. The standard InChI is InChI=1S/C27H29ClN4O3S2/c1-4-32(22-9-6-5-7-10-22)37(34,35)23-14-11-20(12-15-23)26(33)31(18-8-17-30(2)3)27-29-24-16-13-21(28)19-25(24)36-27/h5-7,9-16,19H,4,8,17-18H2,1-3H3. The molecule has 0 N–H and O–H groups in total. The van der Waals surface area contributed by atoms with E-state index in [9.17, 15) is 13.2 Å². The van der Waals surface area contributed by atoms with Crippen molar-refractivity contribution >= 4 is 59.9 Å². The normalized spacial score (nSPS) is 11.7. The van der Waals surface area contributed by atoms with Gasteiger partial charge in [-0.3, -0.25) is 14.0 Å². The molecule has 0 aliphatic carbocycles. The minimum Gasteiger partial charge on any atom is -0.309 e. The number of carbonyl (C=O) groups is 1. The molecular weight excluding hydrogens is 528 g/mol. The number of halogens is 1. The minimum absolute atomic E-state index is 0.128. The van der Waals surface area contributed by atoms with Crippen LogP contribution in [0, 0.1) is 0 Å². The van der Waals surface area contributed by atoms with Gasteiger partial charge in [-0.15, -0.1) is 0 Å². The Hall–Kier alpha value is -2.98. The molecule has 0 unspecified atom stereocenters. The van der Waals surface area contributed by atoms with Gasteiger partial charge < -0.3 is 4.90 Å². The number of benzene rings is 3. The molecule has 0 atom stereocenters. The summed E-state index contributed by atoms with van der Waals surface area (Å²) in [5, 5.41) is 1.19. The van der Waals surface area contributed by atoms with Crippen LogP contribution in [0.25, 0.3) is 10.2 Å². The van der Waals surface area contributed by atoms with Crippen molar-refractivity contribution in [2.24, 2.45) is 0 Å². The summed E-state index contributed by atoms with van der Waals surface area (Å²) in [4.78, 5) is 22.2. The first kappa shape index (κ1) is 27.1. The first-order valence-corrected chi connectivity index (χ1v) is 14.5. The number of amides is 1. The first-order valence-electron chi connectivity index (χ1n) is 11.9. The zero-order chi connectivity index (χ0) is 26.6. The summed E-state index contributed by atoms with van der Waals surface area (Å²) in [6, 6.07) is 20.5. The van der Waals surface area contributed by atoms with Gasteiger partial charge in [-0.05, 0) is 88.6 Å². The molecule has 7 nitrogen and oxygen atoms in total. The van der Waals surface area contributed by atoms with Gasteiger partial charge in [-0.1, -0.05) is 41.1 Å². The lowest BCUT2D eigenvalue weighted by Crippen LogP contribution is -2.33. The van der Waals surface area contributed by atoms with Crippen LogP contribution in [0.5, 0.6) is 0 Å². The van der Waals surface area contributed by atoms with E-state index in [0.717, 1.165) is 23.2 Å². The predicted octanol–water partition coefficient (Wildman–Crippen LogP) is 5.76. The molecule has 0 bridgehead atoms. The van der Waals surface area contributed by atoms with Crippen molar-refractivity contribution in [1.82, 2.24) is 9.88 Å². The number of rotatable bonds is 10. The third kappa shape index (κ3) is 6.13. The summed E-state index contributed by atoms with van der Waals surface area (Å²) in [6.07, 6.45) is 0.754. The maximum atomic E-state index is 13.6. The van der Waals surface area contributed by atoms with Crippen molar-refractivity contribution in [3.8, 4) is 0 Å². The summed E-state index contributed by atoms with van der Waals surface area (Å²) in [7, 11) is 0.188. The molecule has 1 aromatic heterocycles. The average molecular weight is 557 g/mol. The van der Waals surface area contributed by atoms with E-state index in [-0.39, 0.29) is 17.3 Å². The fraction of sp³-hybridized carbons (Fsp3) is 0.259. The van der Waals surface area contributed by atoms with Gasteiger partial charge in [0.1, 0.15) is 0 Å². The average Bonchev–Trinajstić information content (AvgIpc) is 3.30. The van der Waals surface area contributed by atoms with E-state index in [1.165, 1.54) is 27.8 Å². The number of carbonyl (C=O) groups excluding carboxylic acids is 1. The molecule has 3 aromatic carbocycles. The third-order valence-electron chi connectivity index (χ3n) is 5.82. The van der Waals surface area contributed by atoms with E-state index in [1.807, 2.05) is 32.3 Å². The molecule has 10 heteroatoms. The van der Waals surface area contributed by atoms with Gasteiger partial charge in [-0.2, -0.15) is 0 Å². The fourth-order valence-electron chi connectivity index (χ4n) is 3.97. The van der Waals surface area contributed by atoms with Crippen LogP contribution in [-0.2, 0) is 10.0 Å². The van der Waals surface area contributed by atoms with E-state index in [0.29, 0.717) is 27.9 Å². The summed E-state index contributed by atoms with van der Waals surface area (Å²) >= 11 is 7.55. The molecule has 0 aliphatic heterocycles. The second-order valence-corrected chi connectivity index (χ2v) is 12.1. The molecule has 0 saturated carbocycles. The lowest BCUT2D eigenvalue weighted by atomic mass is 10.2. The minimum atomic E-state index is -3.78. The summed E-state index contributed by atoms with van der Waals surface area (Å²) in [5.74, 6) is -0.233. The number of para-hydroxylation sites is 1. The Balaban J connectivity index is 1.63. The number of thiazole rings is 1. The molecule has 0 aliphatic rings. The molecule has 1 amide bonds. The molecule has 0 saturated heterocycles. The lowest BCUT2D eigenvalue weighted by Gasteiger charge is -2.23. The van der Waals surface area contributed by atoms with E-state index in [4.69, 9.17) is 11.6 Å². The van der Waals surface area contributed by atoms with Crippen LogP contribution < -0.4 is 9.21 Å². The topological polar surface area (TPSA) is 73.8 Å². The Morgan fingerprint density at radius 1 is 0.973 bits per heavy atom. The third-order valence-corrected chi connectivity index (χ3v) is 9.02. The van der Waals surface area contributed by atoms with Gasteiger partial charge >= 0.3 is 0 Å². The van der Waals surface area contributed by atoms with Crippen molar-refractivity contribution in [3.05, 3.63) is 83.4 Å². The van der Waals surface area contributed by atoms with Gasteiger partial charge in [-0.25, -0.2) is 13.4 Å². The van der Waals surface area contributed by atoms with E-state index < -0.39 is 10.0 Å². The molecule has 37 heavy (non-hydrogen) atoms. The van der Waals surface area contributed by atoms with Crippen molar-refractivity contribution in [2.45, 2.75) is 18.2 Å². The Labute approximate surface area is 227 Å².